The van der Waals surface area contributed by atoms with E-state index in [4.69, 9.17) is 18.0 Å². The molecule has 0 atom stereocenters. The molecule has 0 aliphatic heterocycles. The second-order valence-electron chi connectivity index (χ2n) is 4.69. The lowest BCUT2D eigenvalue weighted by atomic mass is 9.90. The van der Waals surface area contributed by atoms with Gasteiger partial charge in [0.1, 0.15) is 0 Å². The third-order valence-electron chi connectivity index (χ3n) is 3.06. The van der Waals surface area contributed by atoms with Crippen LogP contribution >= 0.6 is 24.4 Å². The number of carbonyl (C=O) groups excluding carboxylic acids is 1. The van der Waals surface area contributed by atoms with Gasteiger partial charge >= 0.3 is 0 Å². The summed E-state index contributed by atoms with van der Waals surface area (Å²) in [6.07, 6.45) is 0. The third kappa shape index (κ3) is 5.01. The number of amides is 1. The predicted molar refractivity (Wildman–Crippen MR) is 98.5 cm³/mol. The van der Waals surface area contributed by atoms with E-state index in [0.29, 0.717) is 0 Å². The summed E-state index contributed by atoms with van der Waals surface area (Å²) in [5.74, 6) is -0.716. The quantitative estimate of drug-likeness (QED) is 0.500. The first kappa shape index (κ1) is 16.9. The maximum atomic E-state index is 12.7. The number of rotatable bonds is 3. The van der Waals surface area contributed by atoms with Crippen LogP contribution in [0, 0.1) is 0 Å². The van der Waals surface area contributed by atoms with Crippen molar-refractivity contribution < 1.29 is 4.79 Å². The molecular weight excluding hydrogens is 328 g/mol. The van der Waals surface area contributed by atoms with Gasteiger partial charge in [-0.05, 0) is 35.6 Å². The number of thiocarbonyl (C=S) groups is 2. The summed E-state index contributed by atoms with van der Waals surface area (Å²) in [4.78, 5) is 12.7. The van der Waals surface area contributed by atoms with E-state index in [1.807, 2.05) is 60.7 Å². The lowest BCUT2D eigenvalue weighted by molar-refractivity contribution is -0.120. The number of hydrazine groups is 1. The topological polar surface area (TPSA) is 79.2 Å². The monoisotopic (exact) mass is 344 g/mol. The van der Waals surface area contributed by atoms with Crippen LogP contribution in [-0.4, -0.2) is 16.1 Å². The first-order chi connectivity index (χ1) is 11.1. The molecule has 1 amide bonds. The zero-order chi connectivity index (χ0) is 16.7. The molecule has 0 spiro atoms. The second-order valence-corrected chi connectivity index (χ2v) is 5.54. The Balaban J connectivity index is 2.19. The van der Waals surface area contributed by atoms with Gasteiger partial charge in [0.2, 0.25) is 5.91 Å². The van der Waals surface area contributed by atoms with Crippen LogP contribution in [-0.2, 0) is 4.79 Å². The molecule has 2 aromatic carbocycles. The van der Waals surface area contributed by atoms with Crippen molar-refractivity contribution in [3.05, 3.63) is 71.8 Å². The molecule has 118 valence electrons. The Kier molecular flexibility index (Phi) is 6.02. The molecule has 5 nitrogen and oxygen atoms in total. The van der Waals surface area contributed by atoms with Gasteiger partial charge in [0.15, 0.2) is 10.2 Å². The molecule has 0 unspecified atom stereocenters. The molecule has 0 heterocycles. The highest BCUT2D eigenvalue weighted by molar-refractivity contribution is 7.80. The molecule has 23 heavy (non-hydrogen) atoms. The third-order valence-corrected chi connectivity index (χ3v) is 3.37. The molecule has 5 N–H and O–H groups in total. The Morgan fingerprint density at radius 1 is 0.870 bits per heavy atom. The van der Waals surface area contributed by atoms with Crippen LogP contribution in [0.25, 0.3) is 0 Å². The zero-order valence-corrected chi connectivity index (χ0v) is 13.8. The smallest absolute Gasteiger partial charge is 0.238 e. The highest BCUT2D eigenvalue weighted by Crippen LogP contribution is 2.24. The fourth-order valence-electron chi connectivity index (χ4n) is 2.12. The molecule has 0 fully saturated rings. The van der Waals surface area contributed by atoms with Gasteiger partial charge in [-0.3, -0.25) is 15.6 Å². The molecule has 2 rings (SSSR count). The highest BCUT2D eigenvalue weighted by atomic mass is 32.1. The van der Waals surface area contributed by atoms with Crippen molar-refractivity contribution in [2.45, 2.75) is 5.92 Å². The van der Waals surface area contributed by atoms with E-state index in [-0.39, 0.29) is 16.1 Å². The van der Waals surface area contributed by atoms with Gasteiger partial charge in [0, 0.05) is 0 Å². The summed E-state index contributed by atoms with van der Waals surface area (Å²) < 4.78 is 0. The fourth-order valence-corrected chi connectivity index (χ4v) is 2.32. The number of benzene rings is 2. The van der Waals surface area contributed by atoms with Crippen LogP contribution in [0.1, 0.15) is 17.0 Å². The number of carbonyl (C=O) groups is 1. The normalized spacial score (nSPS) is 9.96. The molecule has 7 heteroatoms. The van der Waals surface area contributed by atoms with Gasteiger partial charge in [0.05, 0.1) is 5.92 Å². The van der Waals surface area contributed by atoms with Gasteiger partial charge < -0.3 is 11.1 Å². The molecular formula is C16H16N4OS2. The number of hydrogen-bond acceptors (Lipinski definition) is 3. The number of hydrogen-bond donors (Lipinski definition) is 4. The van der Waals surface area contributed by atoms with Crippen molar-refractivity contribution in [1.82, 2.24) is 16.2 Å². The average Bonchev–Trinajstić information content (AvgIpc) is 2.55. The van der Waals surface area contributed by atoms with Crippen LogP contribution in [0.15, 0.2) is 60.7 Å². The van der Waals surface area contributed by atoms with Gasteiger partial charge in [-0.2, -0.15) is 0 Å². The van der Waals surface area contributed by atoms with Crippen molar-refractivity contribution in [1.29, 1.82) is 0 Å². The van der Waals surface area contributed by atoms with Crippen molar-refractivity contribution in [3.63, 3.8) is 0 Å². The van der Waals surface area contributed by atoms with E-state index in [0.717, 1.165) is 11.1 Å². The standard InChI is InChI=1S/C16H16N4OS2/c17-15(22)19-20-16(23)18-14(21)13(11-7-3-1-4-8-11)12-9-5-2-6-10-12/h1-10,13H,(H3,17,19,22)(H2,18,20,21,23). The van der Waals surface area contributed by atoms with E-state index in [9.17, 15) is 4.79 Å². The maximum absolute atomic E-state index is 12.7. The Bertz CT molecular complexity index is 652. The van der Waals surface area contributed by atoms with E-state index < -0.39 is 5.92 Å². The molecule has 0 aliphatic carbocycles. The van der Waals surface area contributed by atoms with Crippen LogP contribution in [0.3, 0.4) is 0 Å². The molecule has 0 saturated carbocycles. The van der Waals surface area contributed by atoms with Crippen molar-refractivity contribution in [2.75, 3.05) is 0 Å². The minimum atomic E-state index is -0.470. The number of nitrogens with one attached hydrogen (secondary N) is 3. The van der Waals surface area contributed by atoms with Gasteiger partial charge in [-0.15, -0.1) is 0 Å². The SMILES string of the molecule is NC(=S)NNC(=S)NC(=O)C(c1ccccc1)c1ccccc1. The minimum Gasteiger partial charge on any atom is -0.375 e. The fraction of sp³-hybridized carbons (Fsp3) is 0.0625. The van der Waals surface area contributed by atoms with Gasteiger partial charge in [0.25, 0.3) is 0 Å². The van der Waals surface area contributed by atoms with E-state index >= 15 is 0 Å². The Morgan fingerprint density at radius 2 is 1.35 bits per heavy atom. The molecule has 0 bridgehead atoms. The lowest BCUT2D eigenvalue weighted by Crippen LogP contribution is -2.50. The van der Waals surface area contributed by atoms with Crippen LogP contribution in [0.2, 0.25) is 0 Å². The molecule has 2 aromatic rings. The summed E-state index contributed by atoms with van der Waals surface area (Å²) in [7, 11) is 0. The molecule has 0 aromatic heterocycles. The minimum absolute atomic E-state index is 0.0317. The summed E-state index contributed by atoms with van der Waals surface area (Å²) in [6.45, 7) is 0. The summed E-state index contributed by atoms with van der Waals surface area (Å²) in [5, 5.41) is 2.76. The summed E-state index contributed by atoms with van der Waals surface area (Å²) in [6, 6.07) is 19.0. The van der Waals surface area contributed by atoms with Crippen molar-refractivity contribution >= 4 is 40.6 Å². The van der Waals surface area contributed by atoms with Crippen LogP contribution < -0.4 is 21.9 Å². The van der Waals surface area contributed by atoms with E-state index in [1.54, 1.807) is 0 Å². The average molecular weight is 344 g/mol. The second kappa shape index (κ2) is 8.21. The maximum Gasteiger partial charge on any atom is 0.238 e. The predicted octanol–water partition coefficient (Wildman–Crippen LogP) is 1.56. The van der Waals surface area contributed by atoms with E-state index in [1.165, 1.54) is 0 Å². The van der Waals surface area contributed by atoms with Crippen molar-refractivity contribution in [3.8, 4) is 0 Å². The van der Waals surface area contributed by atoms with Gasteiger partial charge in [-0.1, -0.05) is 60.7 Å². The largest absolute Gasteiger partial charge is 0.375 e. The molecule has 0 aliphatic rings. The lowest BCUT2D eigenvalue weighted by Gasteiger charge is -2.18. The Hall–Kier alpha value is -2.51. The first-order valence-electron chi connectivity index (χ1n) is 6.84. The highest BCUT2D eigenvalue weighted by Gasteiger charge is 2.23. The van der Waals surface area contributed by atoms with Crippen molar-refractivity contribution in [2.24, 2.45) is 5.73 Å². The molecule has 0 radical (unpaired) electrons. The number of nitrogens with two attached hydrogens (primary N) is 1. The van der Waals surface area contributed by atoms with Gasteiger partial charge in [-0.25, -0.2) is 0 Å². The van der Waals surface area contributed by atoms with E-state index in [2.05, 4.69) is 28.4 Å². The molecule has 0 saturated heterocycles. The Morgan fingerprint density at radius 3 is 1.78 bits per heavy atom. The Labute approximate surface area is 145 Å². The zero-order valence-electron chi connectivity index (χ0n) is 12.2. The van der Waals surface area contributed by atoms with Crippen LogP contribution in [0.5, 0.6) is 0 Å². The van der Waals surface area contributed by atoms with Crippen LogP contribution in [0.4, 0.5) is 0 Å². The first-order valence-corrected chi connectivity index (χ1v) is 7.65. The summed E-state index contributed by atoms with van der Waals surface area (Å²) >= 11 is 9.71. The summed E-state index contributed by atoms with van der Waals surface area (Å²) in [5.41, 5.74) is 12.1.